The van der Waals surface area contributed by atoms with Gasteiger partial charge < -0.3 is 9.84 Å². The second kappa shape index (κ2) is 4.91. The highest BCUT2D eigenvalue weighted by molar-refractivity contribution is 5.57. The van der Waals surface area contributed by atoms with E-state index >= 15 is 0 Å². The molecule has 0 amide bonds. The van der Waals surface area contributed by atoms with Crippen LogP contribution < -0.4 is 4.57 Å². The summed E-state index contributed by atoms with van der Waals surface area (Å²) in [5.74, 6) is 0.767. The van der Waals surface area contributed by atoms with Crippen LogP contribution in [0, 0.1) is 0 Å². The van der Waals surface area contributed by atoms with Gasteiger partial charge in [0.15, 0.2) is 0 Å². The predicted octanol–water partition coefficient (Wildman–Crippen LogP) is 1.63. The van der Waals surface area contributed by atoms with E-state index in [0.717, 1.165) is 11.4 Å². The molecule has 0 aliphatic carbocycles. The lowest BCUT2D eigenvalue weighted by Crippen LogP contribution is -2.35. The number of benzene rings is 1. The van der Waals surface area contributed by atoms with Crippen LogP contribution in [-0.2, 0) is 18.8 Å². The Morgan fingerprint density at radius 2 is 2.06 bits per heavy atom. The number of nitrogens with zero attached hydrogens (tertiary/aromatic N) is 2. The molecular weight excluding hydrogens is 232 g/mol. The summed E-state index contributed by atoms with van der Waals surface area (Å²) < 4.78 is 8.71. The van der Waals surface area contributed by atoms with Crippen molar-refractivity contribution in [1.29, 1.82) is 0 Å². The highest BCUT2D eigenvalue weighted by atomic mass is 16.7. The van der Waals surface area contributed by atoms with Crippen LogP contribution in [-0.4, -0.2) is 15.8 Å². The molecule has 1 unspecified atom stereocenters. The first-order valence-corrected chi connectivity index (χ1v) is 5.55. The summed E-state index contributed by atoms with van der Waals surface area (Å²) in [6.07, 6.45) is 1.80. The fourth-order valence-electron chi connectivity index (χ4n) is 1.97. The van der Waals surface area contributed by atoms with Gasteiger partial charge in [0.05, 0.1) is 14.1 Å². The largest absolute Gasteiger partial charge is 0.507 e. The molecule has 0 radical (unpaired) electrons. The van der Waals surface area contributed by atoms with Crippen LogP contribution in [0.5, 0.6) is 0 Å². The van der Waals surface area contributed by atoms with Crippen LogP contribution in [0.3, 0.4) is 0 Å². The molecule has 2 aromatic rings. The zero-order valence-electron chi connectivity index (χ0n) is 10.3. The normalized spacial score (nSPS) is 12.1. The third-order valence-corrected chi connectivity index (χ3v) is 2.79. The van der Waals surface area contributed by atoms with Crippen molar-refractivity contribution in [3.8, 4) is 0 Å². The quantitative estimate of drug-likeness (QED) is 0.662. The molecule has 5 nitrogen and oxygen atoms in total. The van der Waals surface area contributed by atoms with E-state index in [0.29, 0.717) is 0 Å². The van der Waals surface area contributed by atoms with Crippen molar-refractivity contribution in [2.45, 2.75) is 6.10 Å². The van der Waals surface area contributed by atoms with Gasteiger partial charge in [0.25, 0.3) is 0 Å². The number of hydrogen-bond acceptors (Lipinski definition) is 2. The zero-order chi connectivity index (χ0) is 13.1. The third kappa shape index (κ3) is 2.34. The maximum Gasteiger partial charge on any atom is 0.507 e. The second-order valence-corrected chi connectivity index (χ2v) is 4.05. The Labute approximate surface area is 105 Å². The SMILES string of the molecule is Cn1cc[n+](C)c1C(OC(=O)O)c1ccccc1. The van der Waals surface area contributed by atoms with Crippen molar-refractivity contribution in [2.75, 3.05) is 0 Å². The molecule has 0 aliphatic rings. The summed E-state index contributed by atoms with van der Waals surface area (Å²) in [6.45, 7) is 0. The van der Waals surface area contributed by atoms with E-state index in [4.69, 9.17) is 9.84 Å². The van der Waals surface area contributed by atoms with Crippen LogP contribution in [0.15, 0.2) is 42.7 Å². The van der Waals surface area contributed by atoms with Crippen molar-refractivity contribution in [2.24, 2.45) is 14.1 Å². The number of carbonyl (C=O) groups is 1. The first-order valence-electron chi connectivity index (χ1n) is 5.55. The number of rotatable bonds is 3. The molecule has 0 aliphatic heterocycles. The Morgan fingerprint density at radius 1 is 1.39 bits per heavy atom. The molecule has 94 valence electrons. The Balaban J connectivity index is 2.47. The van der Waals surface area contributed by atoms with E-state index in [1.54, 1.807) is 0 Å². The Morgan fingerprint density at radius 3 is 2.56 bits per heavy atom. The summed E-state index contributed by atoms with van der Waals surface area (Å²) >= 11 is 0. The predicted molar refractivity (Wildman–Crippen MR) is 64.0 cm³/mol. The molecule has 18 heavy (non-hydrogen) atoms. The van der Waals surface area contributed by atoms with Gasteiger partial charge in [-0.05, 0) is 0 Å². The number of aryl methyl sites for hydroxylation is 2. The molecule has 1 N–H and O–H groups in total. The highest BCUT2D eigenvalue weighted by Crippen LogP contribution is 2.23. The fraction of sp³-hybridized carbons (Fsp3) is 0.231. The summed E-state index contributed by atoms with van der Waals surface area (Å²) in [4.78, 5) is 10.9. The van der Waals surface area contributed by atoms with Gasteiger partial charge in [-0.2, -0.15) is 0 Å². The summed E-state index contributed by atoms with van der Waals surface area (Å²) in [5, 5.41) is 8.89. The molecule has 0 fully saturated rings. The van der Waals surface area contributed by atoms with E-state index in [2.05, 4.69) is 0 Å². The molecular formula is C13H15N2O3+. The average Bonchev–Trinajstić information content (AvgIpc) is 2.67. The van der Waals surface area contributed by atoms with E-state index in [1.165, 1.54) is 0 Å². The maximum atomic E-state index is 10.9. The minimum absolute atomic E-state index is 0.631. The number of hydrogen-bond donors (Lipinski definition) is 1. The van der Waals surface area contributed by atoms with E-state index < -0.39 is 12.3 Å². The van der Waals surface area contributed by atoms with Gasteiger partial charge in [-0.3, -0.25) is 0 Å². The van der Waals surface area contributed by atoms with Crippen LogP contribution in [0.4, 0.5) is 4.79 Å². The van der Waals surface area contributed by atoms with Gasteiger partial charge in [-0.25, -0.2) is 13.9 Å². The molecule has 1 aromatic heterocycles. The van der Waals surface area contributed by atoms with E-state index in [1.807, 2.05) is 66.0 Å². The first-order chi connectivity index (χ1) is 8.59. The summed E-state index contributed by atoms with van der Waals surface area (Å²) in [6, 6.07) is 9.29. The first kappa shape index (κ1) is 12.2. The van der Waals surface area contributed by atoms with Crippen LogP contribution >= 0.6 is 0 Å². The van der Waals surface area contributed by atoms with E-state index in [-0.39, 0.29) is 0 Å². The minimum atomic E-state index is -1.29. The van der Waals surface area contributed by atoms with Crippen LogP contribution in [0.25, 0.3) is 0 Å². The van der Waals surface area contributed by atoms with Gasteiger partial charge in [0.2, 0.25) is 6.10 Å². The van der Waals surface area contributed by atoms with Crippen molar-refractivity contribution in [1.82, 2.24) is 4.57 Å². The zero-order valence-corrected chi connectivity index (χ0v) is 10.3. The number of aromatic nitrogens is 2. The Bertz CT molecular complexity index is 529. The number of imidazole rings is 1. The van der Waals surface area contributed by atoms with Gasteiger partial charge in [0.1, 0.15) is 12.4 Å². The van der Waals surface area contributed by atoms with Gasteiger partial charge in [0, 0.05) is 5.56 Å². The molecule has 0 saturated carbocycles. The van der Waals surface area contributed by atoms with Gasteiger partial charge in [-0.1, -0.05) is 30.3 Å². The molecule has 1 atom stereocenters. The summed E-state index contributed by atoms with van der Waals surface area (Å²) in [5.41, 5.74) is 0.803. The lowest BCUT2D eigenvalue weighted by Gasteiger charge is -2.13. The van der Waals surface area contributed by atoms with Crippen LogP contribution in [0.2, 0.25) is 0 Å². The second-order valence-electron chi connectivity index (χ2n) is 4.05. The van der Waals surface area contributed by atoms with E-state index in [9.17, 15) is 4.79 Å². The third-order valence-electron chi connectivity index (χ3n) is 2.79. The topological polar surface area (TPSA) is 55.3 Å². The molecule has 2 rings (SSSR count). The molecule has 0 spiro atoms. The van der Waals surface area contributed by atoms with Gasteiger partial charge >= 0.3 is 12.0 Å². The molecule has 5 heteroatoms. The van der Waals surface area contributed by atoms with Crippen molar-refractivity contribution < 1.29 is 19.2 Å². The lowest BCUT2D eigenvalue weighted by molar-refractivity contribution is -0.681. The van der Waals surface area contributed by atoms with Crippen LogP contribution in [0.1, 0.15) is 17.5 Å². The Hall–Kier alpha value is -2.30. The lowest BCUT2D eigenvalue weighted by atomic mass is 10.1. The van der Waals surface area contributed by atoms with Crippen molar-refractivity contribution in [3.05, 3.63) is 54.1 Å². The van der Waals surface area contributed by atoms with Gasteiger partial charge in [-0.15, -0.1) is 0 Å². The smallest absolute Gasteiger partial charge is 0.450 e. The number of ether oxygens (including phenoxy) is 1. The molecule has 1 heterocycles. The average molecular weight is 247 g/mol. The molecule has 0 saturated heterocycles. The molecule has 0 bridgehead atoms. The highest BCUT2D eigenvalue weighted by Gasteiger charge is 2.29. The fourth-order valence-corrected chi connectivity index (χ4v) is 1.97. The number of carboxylic acid groups (broad SMARTS) is 1. The Kier molecular flexibility index (Phi) is 3.32. The minimum Gasteiger partial charge on any atom is -0.450 e. The maximum absolute atomic E-state index is 10.9. The van der Waals surface area contributed by atoms with Crippen molar-refractivity contribution in [3.63, 3.8) is 0 Å². The standard InChI is InChI=1S/C13H14N2O3/c1-14-8-9-15(2)12(14)11(18-13(16)17)10-6-4-3-5-7-10/h3-9,11H,1-2H3/p+1. The molecule has 1 aromatic carbocycles. The monoisotopic (exact) mass is 247 g/mol. The van der Waals surface area contributed by atoms with Crippen molar-refractivity contribution >= 4 is 6.16 Å². The summed E-state index contributed by atoms with van der Waals surface area (Å²) in [7, 11) is 3.72.